The molecule has 2 amide bonds. The first kappa shape index (κ1) is 31.5. The van der Waals surface area contributed by atoms with Crippen LogP contribution in [0.15, 0.2) is 40.9 Å². The van der Waals surface area contributed by atoms with Gasteiger partial charge in [-0.3, -0.25) is 14.4 Å². The number of hydrogen-bond donors (Lipinski definition) is 3. The molecule has 8 atom stereocenters. The number of nitrogens with two attached hydrogens (primary N) is 2. The van der Waals surface area contributed by atoms with Crippen LogP contribution in [0, 0.1) is 5.92 Å². The molecule has 3 heterocycles. The number of epoxide rings is 1. The van der Waals surface area contributed by atoms with Crippen LogP contribution in [0.2, 0.25) is 0 Å². The first-order valence-electron chi connectivity index (χ1n) is 13.9. The molecule has 0 aromatic heterocycles. The van der Waals surface area contributed by atoms with Crippen LogP contribution >= 0.6 is 0 Å². The summed E-state index contributed by atoms with van der Waals surface area (Å²) in [5.74, 6) is -1.03. The zero-order valence-electron chi connectivity index (χ0n) is 24.1. The number of guanidine groups is 1. The maximum atomic E-state index is 12.4. The number of carbonyl (C=O) groups excluding carboxylic acids is 3. The minimum Gasteiger partial charge on any atom is -0.459 e. The van der Waals surface area contributed by atoms with Gasteiger partial charge < -0.3 is 35.7 Å². The molecular formula is C29H44N4O7. The highest BCUT2D eigenvalue weighted by atomic mass is 16.6. The molecule has 3 aliphatic heterocycles. The van der Waals surface area contributed by atoms with E-state index in [0.29, 0.717) is 13.0 Å². The van der Waals surface area contributed by atoms with E-state index in [9.17, 15) is 14.4 Å². The summed E-state index contributed by atoms with van der Waals surface area (Å²) in [4.78, 5) is 39.0. The lowest BCUT2D eigenvalue weighted by atomic mass is 9.88. The molecule has 3 saturated heterocycles. The number of hydrogen-bond acceptors (Lipinski definition) is 7. The molecule has 222 valence electrons. The second kappa shape index (κ2) is 14.0. The van der Waals surface area contributed by atoms with Crippen molar-refractivity contribution < 1.29 is 33.3 Å². The highest BCUT2D eigenvalue weighted by molar-refractivity contribution is 5.91. The average Bonchev–Trinajstić information content (AvgIpc) is 3.58. The normalized spacial score (nSPS) is 33.1. The van der Waals surface area contributed by atoms with Crippen molar-refractivity contribution in [1.82, 2.24) is 5.32 Å². The van der Waals surface area contributed by atoms with Crippen molar-refractivity contribution in [1.29, 1.82) is 0 Å². The van der Waals surface area contributed by atoms with Crippen LogP contribution < -0.4 is 16.8 Å². The third-order valence-electron chi connectivity index (χ3n) is 7.41. The van der Waals surface area contributed by atoms with Crippen molar-refractivity contribution >= 4 is 23.7 Å². The van der Waals surface area contributed by atoms with Crippen LogP contribution in [-0.2, 0) is 33.3 Å². The van der Waals surface area contributed by atoms with E-state index in [2.05, 4.69) is 23.3 Å². The number of aliphatic imine (C=N–C) groups is 1. The fourth-order valence-corrected chi connectivity index (χ4v) is 5.26. The number of esters is 1. The minimum absolute atomic E-state index is 0.0334. The number of rotatable bonds is 10. The average molecular weight is 561 g/mol. The van der Waals surface area contributed by atoms with Crippen LogP contribution in [0.25, 0.3) is 0 Å². The molecule has 0 aromatic rings. The quantitative estimate of drug-likeness (QED) is 0.0906. The van der Waals surface area contributed by atoms with Gasteiger partial charge in [0.2, 0.25) is 5.91 Å². The van der Waals surface area contributed by atoms with Gasteiger partial charge in [-0.2, -0.15) is 4.99 Å². The number of carbonyl (C=O) groups is 3. The van der Waals surface area contributed by atoms with Crippen molar-refractivity contribution in [3.63, 3.8) is 0 Å². The fourth-order valence-electron chi connectivity index (χ4n) is 5.26. The van der Waals surface area contributed by atoms with Crippen molar-refractivity contribution in [3.05, 3.63) is 36.0 Å². The second-order valence-electron chi connectivity index (χ2n) is 11.2. The summed E-state index contributed by atoms with van der Waals surface area (Å²) in [7, 11) is 0. The summed E-state index contributed by atoms with van der Waals surface area (Å²) in [5, 5.41) is 3.00. The monoisotopic (exact) mass is 560 g/mol. The highest BCUT2D eigenvalue weighted by Gasteiger charge is 2.51. The summed E-state index contributed by atoms with van der Waals surface area (Å²) in [6.45, 7) is 9.83. The van der Waals surface area contributed by atoms with Crippen molar-refractivity contribution in [2.24, 2.45) is 22.4 Å². The number of nitrogens with one attached hydrogen (secondary N) is 1. The van der Waals surface area contributed by atoms with E-state index in [4.69, 9.17) is 30.4 Å². The second-order valence-corrected chi connectivity index (χ2v) is 11.2. The lowest BCUT2D eigenvalue weighted by molar-refractivity contribution is -0.143. The Kier molecular flexibility index (Phi) is 11.1. The maximum absolute atomic E-state index is 12.4. The molecule has 1 spiro atoms. The van der Waals surface area contributed by atoms with E-state index in [1.165, 1.54) is 13.0 Å². The maximum Gasteiger partial charge on any atom is 0.303 e. The Morgan fingerprint density at radius 1 is 1.15 bits per heavy atom. The van der Waals surface area contributed by atoms with E-state index < -0.39 is 18.0 Å². The molecular weight excluding hydrogens is 516 g/mol. The van der Waals surface area contributed by atoms with Crippen LogP contribution in [-0.4, -0.2) is 72.5 Å². The van der Waals surface area contributed by atoms with E-state index >= 15 is 0 Å². The Hall–Kier alpha value is -3.02. The molecule has 0 aromatic carbocycles. The first-order chi connectivity index (χ1) is 18.8. The van der Waals surface area contributed by atoms with Gasteiger partial charge in [0.25, 0.3) is 5.91 Å². The predicted octanol–water partition coefficient (Wildman–Crippen LogP) is 2.19. The van der Waals surface area contributed by atoms with E-state index in [-0.39, 0.29) is 60.3 Å². The molecule has 8 unspecified atom stereocenters. The minimum atomic E-state index is -0.468. The topological polar surface area (TPSA) is 168 Å². The molecule has 3 aliphatic rings. The van der Waals surface area contributed by atoms with Crippen LogP contribution in [0.4, 0.5) is 0 Å². The van der Waals surface area contributed by atoms with Gasteiger partial charge in [0.15, 0.2) is 5.96 Å². The highest BCUT2D eigenvalue weighted by Crippen LogP contribution is 2.43. The molecule has 3 rings (SSSR count). The fraction of sp³-hybridized carbons (Fsp3) is 0.655. The Morgan fingerprint density at radius 2 is 1.88 bits per heavy atom. The van der Waals surface area contributed by atoms with E-state index in [0.717, 1.165) is 24.8 Å². The van der Waals surface area contributed by atoms with Crippen LogP contribution in [0.1, 0.15) is 66.7 Å². The standard InChI is InChI=1S/C29H44N4O7/c1-17(6-9-22-14-29(16-37-29)15-23(40-22)13-27(36)33-28(30)31)7-10-25-18(2)12-24(20(4)39-25)32-26(35)11-8-19(3)38-21(5)34/h6-9,11,18-20,22-25H,10,12-16H2,1-5H3,(H,32,35)(H4,30,31,33,36). The number of amides is 2. The van der Waals surface area contributed by atoms with Gasteiger partial charge in [-0.25, -0.2) is 0 Å². The molecule has 0 aliphatic carbocycles. The predicted molar refractivity (Wildman–Crippen MR) is 150 cm³/mol. The molecule has 5 N–H and O–H groups in total. The Morgan fingerprint density at radius 3 is 2.52 bits per heavy atom. The summed E-state index contributed by atoms with van der Waals surface area (Å²) in [5.41, 5.74) is 11.5. The Labute approximate surface area is 236 Å². The summed E-state index contributed by atoms with van der Waals surface area (Å²) >= 11 is 0. The van der Waals surface area contributed by atoms with Gasteiger partial charge in [0.05, 0.1) is 49.1 Å². The number of ether oxygens (including phenoxy) is 4. The molecule has 0 saturated carbocycles. The van der Waals surface area contributed by atoms with Gasteiger partial charge in [-0.05, 0) is 45.6 Å². The van der Waals surface area contributed by atoms with Crippen molar-refractivity contribution in [3.8, 4) is 0 Å². The molecule has 11 nitrogen and oxygen atoms in total. The molecule has 11 heteroatoms. The van der Waals surface area contributed by atoms with Crippen LogP contribution in [0.3, 0.4) is 0 Å². The van der Waals surface area contributed by atoms with Gasteiger partial charge in [-0.1, -0.05) is 30.7 Å². The van der Waals surface area contributed by atoms with Gasteiger partial charge >= 0.3 is 5.97 Å². The lowest BCUT2D eigenvalue weighted by Crippen LogP contribution is -2.50. The Bertz CT molecular complexity index is 1040. The van der Waals surface area contributed by atoms with E-state index in [1.807, 2.05) is 26.0 Å². The molecule has 0 bridgehead atoms. The molecule has 3 fully saturated rings. The summed E-state index contributed by atoms with van der Waals surface area (Å²) in [6, 6.07) is -0.107. The SMILES string of the molecule is CC(=O)OC(C)C=CC(=O)NC1CC(C)C(CC=C(C)C=CC2CC3(CO3)CC(CC(=O)N=C(N)N)O2)OC1C. The molecule has 0 radical (unpaired) electrons. The number of allylic oxidation sites excluding steroid dienone is 2. The number of nitrogens with zero attached hydrogens (tertiary/aromatic N) is 1. The van der Waals surface area contributed by atoms with Crippen molar-refractivity contribution in [2.75, 3.05) is 6.61 Å². The van der Waals surface area contributed by atoms with Gasteiger partial charge in [-0.15, -0.1) is 0 Å². The lowest BCUT2D eigenvalue weighted by Gasteiger charge is -2.39. The first-order valence-corrected chi connectivity index (χ1v) is 13.9. The smallest absolute Gasteiger partial charge is 0.303 e. The Balaban J connectivity index is 1.48. The van der Waals surface area contributed by atoms with E-state index in [1.54, 1.807) is 13.0 Å². The summed E-state index contributed by atoms with van der Waals surface area (Å²) in [6.07, 6.45) is 11.2. The van der Waals surface area contributed by atoms with Crippen molar-refractivity contribution in [2.45, 2.75) is 109 Å². The zero-order valence-corrected chi connectivity index (χ0v) is 24.1. The zero-order chi connectivity index (χ0) is 29.4. The largest absolute Gasteiger partial charge is 0.459 e. The molecule has 40 heavy (non-hydrogen) atoms. The van der Waals surface area contributed by atoms with Crippen LogP contribution in [0.5, 0.6) is 0 Å². The third-order valence-corrected chi connectivity index (χ3v) is 7.41. The third kappa shape index (κ3) is 10.2. The van der Waals surface area contributed by atoms with Gasteiger partial charge in [0, 0.05) is 25.8 Å². The van der Waals surface area contributed by atoms with Gasteiger partial charge in [0.1, 0.15) is 6.10 Å². The summed E-state index contributed by atoms with van der Waals surface area (Å²) < 4.78 is 23.1.